The van der Waals surface area contributed by atoms with Crippen molar-refractivity contribution in [1.82, 2.24) is 0 Å². The van der Waals surface area contributed by atoms with Crippen molar-refractivity contribution in [3.05, 3.63) is 22.5 Å². The second kappa shape index (κ2) is 5.35. The highest BCUT2D eigenvalue weighted by Crippen LogP contribution is 2.28. The van der Waals surface area contributed by atoms with Crippen molar-refractivity contribution in [3.8, 4) is 0 Å². The first-order chi connectivity index (χ1) is 7.42. The zero-order valence-corrected chi connectivity index (χ0v) is 14.5. The molecule has 4 heteroatoms. The van der Waals surface area contributed by atoms with Crippen LogP contribution in [0.1, 0.15) is 6.92 Å². The molecule has 0 saturated carbocycles. The average Bonchev–Trinajstić information content (AvgIpc) is 2.14. The van der Waals surface area contributed by atoms with E-state index in [1.807, 2.05) is 0 Å². The van der Waals surface area contributed by atoms with Crippen molar-refractivity contribution >= 4 is 22.1 Å². The van der Waals surface area contributed by atoms with E-state index in [0.29, 0.717) is 0 Å². The highest BCUT2D eigenvalue weighted by Gasteiger charge is 2.30. The standard InChI is InChI=1S/C13H26O2Si2/c1-10(16(4,5)6)12(13(14)15-3)11(2)17(7,8)9/h1H2,2-9H3. The van der Waals surface area contributed by atoms with E-state index in [0.717, 1.165) is 10.8 Å². The van der Waals surface area contributed by atoms with E-state index in [2.05, 4.69) is 52.8 Å². The summed E-state index contributed by atoms with van der Waals surface area (Å²) in [6.07, 6.45) is 0. The number of carbonyl (C=O) groups excluding carboxylic acids is 1. The molecule has 0 aromatic carbocycles. The van der Waals surface area contributed by atoms with Gasteiger partial charge in [0.05, 0.1) is 28.8 Å². The van der Waals surface area contributed by atoms with E-state index >= 15 is 0 Å². The minimum absolute atomic E-state index is 0.225. The molecule has 0 radical (unpaired) electrons. The summed E-state index contributed by atoms with van der Waals surface area (Å²) in [6.45, 7) is 19.5. The van der Waals surface area contributed by atoms with E-state index in [9.17, 15) is 4.79 Å². The lowest BCUT2D eigenvalue weighted by Gasteiger charge is -2.27. The summed E-state index contributed by atoms with van der Waals surface area (Å²) in [5.41, 5.74) is 0.755. The fourth-order valence-electron chi connectivity index (χ4n) is 1.35. The number of esters is 1. The first kappa shape index (κ1) is 16.4. The van der Waals surface area contributed by atoms with Gasteiger partial charge in [-0.2, -0.15) is 0 Å². The van der Waals surface area contributed by atoms with Crippen LogP contribution in [-0.2, 0) is 9.53 Å². The molecule has 0 heterocycles. The second-order valence-electron chi connectivity index (χ2n) is 6.47. The van der Waals surface area contributed by atoms with Gasteiger partial charge in [-0.25, -0.2) is 4.79 Å². The Morgan fingerprint density at radius 3 is 1.65 bits per heavy atom. The molecule has 0 aliphatic heterocycles. The molecule has 0 aromatic rings. The molecule has 0 amide bonds. The van der Waals surface area contributed by atoms with E-state index in [1.165, 1.54) is 12.3 Å². The van der Waals surface area contributed by atoms with Gasteiger partial charge in [0.2, 0.25) is 0 Å². The Morgan fingerprint density at radius 1 is 1.00 bits per heavy atom. The molecular weight excluding hydrogens is 244 g/mol. The molecule has 0 aliphatic carbocycles. The van der Waals surface area contributed by atoms with Crippen LogP contribution < -0.4 is 0 Å². The van der Waals surface area contributed by atoms with Crippen molar-refractivity contribution in [2.24, 2.45) is 0 Å². The summed E-state index contributed by atoms with van der Waals surface area (Å²) in [6, 6.07) is 0. The summed E-state index contributed by atoms with van der Waals surface area (Å²) >= 11 is 0. The van der Waals surface area contributed by atoms with Gasteiger partial charge in [-0.05, 0) is 6.92 Å². The summed E-state index contributed by atoms with van der Waals surface area (Å²) in [5.74, 6) is -0.225. The van der Waals surface area contributed by atoms with Crippen molar-refractivity contribution in [3.63, 3.8) is 0 Å². The average molecular weight is 271 g/mol. The normalized spacial score (nSPS) is 14.1. The third-order valence-corrected chi connectivity index (χ3v) is 7.66. The van der Waals surface area contributed by atoms with E-state index in [-0.39, 0.29) is 5.97 Å². The lowest BCUT2D eigenvalue weighted by atomic mass is 10.2. The van der Waals surface area contributed by atoms with Crippen molar-refractivity contribution in [2.75, 3.05) is 7.11 Å². The number of rotatable bonds is 4. The van der Waals surface area contributed by atoms with Crippen LogP contribution in [0.25, 0.3) is 0 Å². The fourth-order valence-corrected chi connectivity index (χ4v) is 3.52. The van der Waals surface area contributed by atoms with Gasteiger partial charge in [0.25, 0.3) is 0 Å². The Balaban J connectivity index is 5.79. The van der Waals surface area contributed by atoms with Crippen LogP contribution in [-0.4, -0.2) is 29.2 Å². The lowest BCUT2D eigenvalue weighted by molar-refractivity contribution is -0.135. The number of hydrogen-bond donors (Lipinski definition) is 0. The van der Waals surface area contributed by atoms with Crippen LogP contribution in [0.4, 0.5) is 0 Å². The Labute approximate surface area is 108 Å². The molecule has 0 saturated heterocycles. The number of methoxy groups -OCH3 is 1. The maximum Gasteiger partial charge on any atom is 0.337 e. The Morgan fingerprint density at radius 2 is 1.41 bits per heavy atom. The predicted molar refractivity (Wildman–Crippen MR) is 80.5 cm³/mol. The van der Waals surface area contributed by atoms with Gasteiger partial charge in [-0.15, -0.1) is 0 Å². The quantitative estimate of drug-likeness (QED) is 0.336. The first-order valence-corrected chi connectivity index (χ1v) is 12.9. The molecule has 0 unspecified atom stereocenters. The van der Waals surface area contributed by atoms with Gasteiger partial charge in [-0.3, -0.25) is 0 Å². The number of hydrogen-bond acceptors (Lipinski definition) is 2. The largest absolute Gasteiger partial charge is 0.465 e. The minimum atomic E-state index is -1.58. The van der Waals surface area contributed by atoms with Crippen molar-refractivity contribution in [1.29, 1.82) is 0 Å². The molecule has 0 fully saturated rings. The van der Waals surface area contributed by atoms with E-state index in [4.69, 9.17) is 4.74 Å². The van der Waals surface area contributed by atoms with Gasteiger partial charge in [0.1, 0.15) is 0 Å². The monoisotopic (exact) mass is 270 g/mol. The van der Waals surface area contributed by atoms with Crippen molar-refractivity contribution < 1.29 is 9.53 Å². The third-order valence-electron chi connectivity index (χ3n) is 3.10. The summed E-state index contributed by atoms with van der Waals surface area (Å²) in [4.78, 5) is 12.0. The Kier molecular flexibility index (Phi) is 5.16. The molecule has 0 rings (SSSR count). The fraction of sp³-hybridized carbons (Fsp3) is 0.615. The highest BCUT2D eigenvalue weighted by atomic mass is 28.3. The van der Waals surface area contributed by atoms with Crippen LogP contribution >= 0.6 is 0 Å². The van der Waals surface area contributed by atoms with Crippen LogP contribution in [0, 0.1) is 0 Å². The molecular formula is C13H26O2Si2. The van der Waals surface area contributed by atoms with Crippen LogP contribution in [0.15, 0.2) is 22.5 Å². The number of ether oxygens (including phenoxy) is 1. The molecule has 0 N–H and O–H groups in total. The summed E-state index contributed by atoms with van der Waals surface area (Å²) in [7, 11) is -1.64. The van der Waals surface area contributed by atoms with E-state index in [1.54, 1.807) is 0 Å². The van der Waals surface area contributed by atoms with Gasteiger partial charge < -0.3 is 4.74 Å². The molecule has 2 nitrogen and oxygen atoms in total. The second-order valence-corrected chi connectivity index (χ2v) is 16.8. The molecule has 0 atom stereocenters. The minimum Gasteiger partial charge on any atom is -0.465 e. The number of allylic oxidation sites excluding steroid dienone is 1. The molecule has 17 heavy (non-hydrogen) atoms. The molecule has 98 valence electrons. The van der Waals surface area contributed by atoms with Gasteiger partial charge in [0.15, 0.2) is 0 Å². The van der Waals surface area contributed by atoms with Crippen LogP contribution in [0.3, 0.4) is 0 Å². The zero-order chi connectivity index (χ0) is 14.0. The molecule has 0 aromatic heterocycles. The van der Waals surface area contributed by atoms with Crippen LogP contribution in [0.5, 0.6) is 0 Å². The lowest BCUT2D eigenvalue weighted by Crippen LogP contribution is -2.32. The van der Waals surface area contributed by atoms with Gasteiger partial charge in [-0.1, -0.05) is 56.3 Å². The molecule has 0 spiro atoms. The maximum absolute atomic E-state index is 12.0. The van der Waals surface area contributed by atoms with Crippen LogP contribution in [0.2, 0.25) is 39.3 Å². The SMILES string of the molecule is C=C(C(C(=O)OC)=C(C)[Si](C)(C)C)[Si](C)(C)C. The maximum atomic E-state index is 12.0. The number of carbonyl (C=O) groups is 1. The summed E-state index contributed by atoms with van der Waals surface area (Å²) in [5, 5.41) is 2.20. The first-order valence-electron chi connectivity index (χ1n) is 5.92. The van der Waals surface area contributed by atoms with E-state index < -0.39 is 16.1 Å². The third kappa shape index (κ3) is 4.28. The van der Waals surface area contributed by atoms with Gasteiger partial charge in [0, 0.05) is 0 Å². The molecule has 0 aliphatic rings. The predicted octanol–water partition coefficient (Wildman–Crippen LogP) is 3.79. The molecule has 0 bridgehead atoms. The smallest absolute Gasteiger partial charge is 0.337 e. The van der Waals surface area contributed by atoms with Crippen molar-refractivity contribution in [2.45, 2.75) is 46.2 Å². The zero-order valence-electron chi connectivity index (χ0n) is 12.5. The van der Waals surface area contributed by atoms with Gasteiger partial charge >= 0.3 is 5.97 Å². The highest BCUT2D eigenvalue weighted by molar-refractivity contribution is 6.86. The topological polar surface area (TPSA) is 26.3 Å². The Bertz CT molecular complexity index is 355. The Hall–Kier alpha value is -0.616. The summed E-state index contributed by atoms with van der Waals surface area (Å²) < 4.78 is 4.93.